The Morgan fingerprint density at radius 2 is 1.88 bits per heavy atom. The molecule has 2 aromatic rings. The summed E-state index contributed by atoms with van der Waals surface area (Å²) in [5.74, 6) is 0.893. The first-order chi connectivity index (χ1) is 15.6. The van der Waals surface area contributed by atoms with Crippen molar-refractivity contribution < 1.29 is 4.79 Å². The summed E-state index contributed by atoms with van der Waals surface area (Å²) in [6.07, 6.45) is 3.03. The third-order valence-electron chi connectivity index (χ3n) is 5.74. The predicted octanol–water partition coefficient (Wildman–Crippen LogP) is 3.55. The Kier molecular flexibility index (Phi) is 11.7. The van der Waals surface area contributed by atoms with Crippen LogP contribution < -0.4 is 10.6 Å². The molecule has 2 aromatic carbocycles. The molecule has 33 heavy (non-hydrogen) atoms. The predicted molar refractivity (Wildman–Crippen MR) is 148 cm³/mol. The van der Waals surface area contributed by atoms with Gasteiger partial charge in [-0.2, -0.15) is 0 Å². The van der Waals surface area contributed by atoms with Crippen molar-refractivity contribution in [2.75, 3.05) is 46.8 Å². The Balaban J connectivity index is 0.00000385. The summed E-state index contributed by atoms with van der Waals surface area (Å²) in [6.45, 7) is 7.75. The molecule has 0 unspecified atom stereocenters. The lowest BCUT2D eigenvalue weighted by molar-refractivity contribution is 0.0827. The van der Waals surface area contributed by atoms with Gasteiger partial charge in [-0.25, -0.2) is 0 Å². The number of rotatable bonds is 9. The maximum absolute atomic E-state index is 12.2. The lowest BCUT2D eigenvalue weighted by Gasteiger charge is -2.28. The highest BCUT2D eigenvalue weighted by Crippen LogP contribution is 2.18. The van der Waals surface area contributed by atoms with E-state index in [9.17, 15) is 4.79 Å². The van der Waals surface area contributed by atoms with Crippen LogP contribution in [0.2, 0.25) is 0 Å². The van der Waals surface area contributed by atoms with E-state index in [1.165, 1.54) is 11.1 Å². The lowest BCUT2D eigenvalue weighted by atomic mass is 10.00. The molecule has 0 saturated carbocycles. The van der Waals surface area contributed by atoms with Crippen molar-refractivity contribution >= 4 is 35.8 Å². The zero-order valence-corrected chi connectivity index (χ0v) is 22.5. The van der Waals surface area contributed by atoms with Gasteiger partial charge in [-0.1, -0.05) is 36.4 Å². The van der Waals surface area contributed by atoms with E-state index in [-0.39, 0.29) is 29.9 Å². The first-order valence-corrected chi connectivity index (χ1v) is 11.7. The fourth-order valence-corrected chi connectivity index (χ4v) is 4.02. The second-order valence-corrected chi connectivity index (χ2v) is 8.49. The Labute approximate surface area is 215 Å². The van der Waals surface area contributed by atoms with E-state index in [1.54, 1.807) is 19.0 Å². The molecular formula is C26H38IN5O. The van der Waals surface area contributed by atoms with Crippen molar-refractivity contribution in [2.45, 2.75) is 32.7 Å². The molecule has 0 radical (unpaired) electrons. The van der Waals surface area contributed by atoms with Crippen molar-refractivity contribution in [2.24, 2.45) is 4.99 Å². The highest BCUT2D eigenvalue weighted by atomic mass is 127. The molecular weight excluding hydrogens is 525 g/mol. The van der Waals surface area contributed by atoms with Crippen LogP contribution in [0.15, 0.2) is 53.5 Å². The van der Waals surface area contributed by atoms with Gasteiger partial charge in [0.2, 0.25) is 0 Å². The molecule has 0 aliphatic carbocycles. The van der Waals surface area contributed by atoms with Crippen LogP contribution in [0.25, 0.3) is 0 Å². The van der Waals surface area contributed by atoms with Crippen LogP contribution in [0.1, 0.15) is 40.4 Å². The zero-order valence-electron chi connectivity index (χ0n) is 20.1. The zero-order chi connectivity index (χ0) is 22.8. The molecule has 0 spiro atoms. The van der Waals surface area contributed by atoms with Crippen molar-refractivity contribution in [3.05, 3.63) is 70.8 Å². The maximum Gasteiger partial charge on any atom is 0.253 e. The van der Waals surface area contributed by atoms with Gasteiger partial charge < -0.3 is 15.5 Å². The molecule has 180 valence electrons. The molecule has 0 saturated heterocycles. The van der Waals surface area contributed by atoms with Gasteiger partial charge in [0.25, 0.3) is 5.91 Å². The van der Waals surface area contributed by atoms with Gasteiger partial charge in [0.1, 0.15) is 0 Å². The third kappa shape index (κ3) is 8.62. The minimum absolute atomic E-state index is 0. The normalized spacial score (nSPS) is 13.6. The molecule has 3 rings (SSSR count). The summed E-state index contributed by atoms with van der Waals surface area (Å²) in [4.78, 5) is 21.0. The number of fused-ring (bicyclic) bond motifs is 1. The van der Waals surface area contributed by atoms with E-state index in [1.807, 2.05) is 18.2 Å². The summed E-state index contributed by atoms with van der Waals surface area (Å²) in [7, 11) is 3.56. The number of halogens is 1. The number of nitrogens with zero attached hydrogens (tertiary/aromatic N) is 3. The molecule has 0 aromatic heterocycles. The summed E-state index contributed by atoms with van der Waals surface area (Å²) in [5, 5.41) is 6.75. The summed E-state index contributed by atoms with van der Waals surface area (Å²) < 4.78 is 0. The number of benzene rings is 2. The maximum atomic E-state index is 12.2. The number of hydrogen-bond acceptors (Lipinski definition) is 3. The average molecular weight is 564 g/mol. The van der Waals surface area contributed by atoms with Gasteiger partial charge in [-0.05, 0) is 55.0 Å². The molecule has 0 atom stereocenters. The van der Waals surface area contributed by atoms with Crippen LogP contribution in [-0.2, 0) is 19.4 Å². The van der Waals surface area contributed by atoms with Gasteiger partial charge in [-0.3, -0.25) is 14.7 Å². The first kappa shape index (κ1) is 27.1. The number of guanidine groups is 1. The quantitative estimate of drug-likeness (QED) is 0.212. The minimum Gasteiger partial charge on any atom is -0.357 e. The van der Waals surface area contributed by atoms with Crippen LogP contribution in [0.5, 0.6) is 0 Å². The molecule has 6 nitrogen and oxygen atoms in total. The smallest absolute Gasteiger partial charge is 0.253 e. The van der Waals surface area contributed by atoms with Crippen LogP contribution in [0.3, 0.4) is 0 Å². The van der Waals surface area contributed by atoms with E-state index in [2.05, 4.69) is 52.8 Å². The standard InChI is InChI=1S/C26H37N5O.HI/c1-4-27-26(29-16-13-21-9-7-12-23(19-21)25(32)30(2)3)28-15-8-17-31-18-14-22-10-5-6-11-24(22)20-31;/h5-7,9-12,19H,4,8,13-18,20H2,1-3H3,(H2,27,28,29);1H. The van der Waals surface area contributed by atoms with Gasteiger partial charge in [0.05, 0.1) is 0 Å². The van der Waals surface area contributed by atoms with Crippen LogP contribution in [0.4, 0.5) is 0 Å². The average Bonchev–Trinajstić information content (AvgIpc) is 2.81. The van der Waals surface area contributed by atoms with E-state index in [0.29, 0.717) is 0 Å². The van der Waals surface area contributed by atoms with Gasteiger partial charge in [-0.15, -0.1) is 24.0 Å². The number of amides is 1. The van der Waals surface area contributed by atoms with Gasteiger partial charge >= 0.3 is 0 Å². The lowest BCUT2D eigenvalue weighted by Crippen LogP contribution is -2.38. The van der Waals surface area contributed by atoms with Crippen molar-refractivity contribution in [1.82, 2.24) is 20.4 Å². The number of nitrogens with one attached hydrogen (secondary N) is 2. The van der Waals surface area contributed by atoms with E-state index < -0.39 is 0 Å². The Hall–Kier alpha value is -2.13. The first-order valence-electron chi connectivity index (χ1n) is 11.7. The largest absolute Gasteiger partial charge is 0.357 e. The number of carbonyl (C=O) groups excluding carboxylic acids is 1. The molecule has 0 fully saturated rings. The number of hydrogen-bond donors (Lipinski definition) is 2. The number of carbonyl (C=O) groups is 1. The molecule has 1 aliphatic rings. The molecule has 0 bridgehead atoms. The SMILES string of the molecule is CCNC(=NCCCN1CCc2ccccc2C1)NCCc1cccc(C(=O)N(C)C)c1.I. The molecule has 2 N–H and O–H groups in total. The number of aliphatic imine (C=N–C) groups is 1. The fourth-order valence-electron chi connectivity index (χ4n) is 4.02. The fraction of sp³-hybridized carbons (Fsp3) is 0.462. The van der Waals surface area contributed by atoms with Crippen LogP contribution in [-0.4, -0.2) is 68.5 Å². The Morgan fingerprint density at radius 1 is 1.09 bits per heavy atom. The minimum atomic E-state index is 0. The molecule has 7 heteroatoms. The second kappa shape index (κ2) is 14.2. The Bertz CT molecular complexity index is 915. The molecule has 1 amide bonds. The van der Waals surface area contributed by atoms with E-state index in [4.69, 9.17) is 4.99 Å². The van der Waals surface area contributed by atoms with Crippen molar-refractivity contribution in [3.8, 4) is 0 Å². The van der Waals surface area contributed by atoms with Crippen molar-refractivity contribution in [1.29, 1.82) is 0 Å². The van der Waals surface area contributed by atoms with E-state index in [0.717, 1.165) is 75.6 Å². The topological polar surface area (TPSA) is 60.0 Å². The van der Waals surface area contributed by atoms with Gasteiger partial charge in [0.15, 0.2) is 5.96 Å². The second-order valence-electron chi connectivity index (χ2n) is 8.49. The highest BCUT2D eigenvalue weighted by molar-refractivity contribution is 14.0. The summed E-state index contributed by atoms with van der Waals surface area (Å²) in [5.41, 5.74) is 4.84. The summed E-state index contributed by atoms with van der Waals surface area (Å²) >= 11 is 0. The van der Waals surface area contributed by atoms with Crippen LogP contribution in [0, 0.1) is 0 Å². The summed E-state index contributed by atoms with van der Waals surface area (Å²) in [6, 6.07) is 16.6. The highest BCUT2D eigenvalue weighted by Gasteiger charge is 2.14. The van der Waals surface area contributed by atoms with Crippen molar-refractivity contribution in [3.63, 3.8) is 0 Å². The van der Waals surface area contributed by atoms with Gasteiger partial charge in [0, 0.05) is 58.9 Å². The monoisotopic (exact) mass is 563 g/mol. The van der Waals surface area contributed by atoms with E-state index >= 15 is 0 Å². The molecule has 1 aliphatic heterocycles. The molecule has 1 heterocycles. The Morgan fingerprint density at radius 3 is 2.64 bits per heavy atom. The third-order valence-corrected chi connectivity index (χ3v) is 5.74. The van der Waals surface area contributed by atoms with Crippen LogP contribution >= 0.6 is 24.0 Å².